The van der Waals surface area contributed by atoms with Gasteiger partial charge >= 0.3 is 0 Å². The molecule has 0 spiro atoms. The van der Waals surface area contributed by atoms with E-state index in [0.717, 1.165) is 54.1 Å². The number of H-pyrrole nitrogens is 1. The van der Waals surface area contributed by atoms with Gasteiger partial charge in [-0.15, -0.1) is 5.10 Å². The summed E-state index contributed by atoms with van der Waals surface area (Å²) in [5.74, 6) is -1.00. The first-order valence-corrected chi connectivity index (χ1v) is 17.8. The average Bonchev–Trinajstić information content (AvgIpc) is 3.69. The third-order valence-corrected chi connectivity index (χ3v) is 10.1. The zero-order chi connectivity index (χ0) is 35.2. The molecule has 7 rings (SSSR count). The highest BCUT2D eigenvalue weighted by atomic mass is 19.1. The molecule has 6 nitrogen and oxygen atoms in total. The molecule has 0 aliphatic heterocycles. The van der Waals surface area contributed by atoms with Crippen LogP contribution in [0.2, 0.25) is 0 Å². The van der Waals surface area contributed by atoms with Crippen molar-refractivity contribution in [1.29, 1.82) is 0 Å². The van der Waals surface area contributed by atoms with Crippen molar-refractivity contribution in [3.05, 3.63) is 178 Å². The third-order valence-electron chi connectivity index (χ3n) is 10.1. The van der Waals surface area contributed by atoms with Crippen molar-refractivity contribution in [1.82, 2.24) is 20.7 Å². The summed E-state index contributed by atoms with van der Waals surface area (Å²) in [5.41, 5.74) is 8.33. The van der Waals surface area contributed by atoms with Crippen molar-refractivity contribution < 1.29 is 13.9 Å². The summed E-state index contributed by atoms with van der Waals surface area (Å²) in [6.45, 7) is 2.41. The number of aromatic nitrogens is 3. The molecule has 0 bridgehead atoms. The van der Waals surface area contributed by atoms with Gasteiger partial charge in [-0.25, -0.2) is 8.78 Å². The van der Waals surface area contributed by atoms with Gasteiger partial charge in [0.25, 0.3) is 0 Å². The van der Waals surface area contributed by atoms with E-state index in [-0.39, 0.29) is 24.9 Å². The minimum absolute atomic E-state index is 0.0792. The molecule has 1 heterocycles. The number of benzene rings is 5. The molecule has 3 unspecified atom stereocenters. The smallest absolute Gasteiger partial charge is 0.175 e. The Balaban J connectivity index is 1.32. The lowest BCUT2D eigenvalue weighted by Gasteiger charge is -2.38. The summed E-state index contributed by atoms with van der Waals surface area (Å²) in [4.78, 5) is 1.98. The molecule has 260 valence electrons. The SMILES string of the molecule is CCc1ccc2c(c1)C(NCC(O)C(Cc1cc(F)cc(F)c1)N(c1cn[nH]n1)c1ccccc1C(c1ccccc1)c1ccccc1)CCC2. The summed E-state index contributed by atoms with van der Waals surface area (Å²) in [5, 5.41) is 27.5. The van der Waals surface area contributed by atoms with Crippen molar-refractivity contribution >= 4 is 11.5 Å². The Kier molecular flexibility index (Phi) is 10.6. The second kappa shape index (κ2) is 15.8. The number of aromatic amines is 1. The quantitative estimate of drug-likeness (QED) is 0.106. The number of aliphatic hydroxyl groups excluding tert-OH is 1. The van der Waals surface area contributed by atoms with Gasteiger partial charge in [-0.2, -0.15) is 10.3 Å². The Morgan fingerprint density at radius 1 is 0.843 bits per heavy atom. The van der Waals surface area contributed by atoms with Crippen molar-refractivity contribution in [2.45, 2.75) is 63.1 Å². The van der Waals surface area contributed by atoms with E-state index in [1.165, 1.54) is 28.8 Å². The highest BCUT2D eigenvalue weighted by molar-refractivity contribution is 5.68. The number of nitrogens with zero attached hydrogens (tertiary/aromatic N) is 3. The number of anilines is 2. The molecule has 8 heteroatoms. The minimum atomic E-state index is -0.979. The second-order valence-corrected chi connectivity index (χ2v) is 13.4. The number of halogens is 2. The van der Waals surface area contributed by atoms with Gasteiger partial charge < -0.3 is 15.3 Å². The number of fused-ring (bicyclic) bond motifs is 1. The topological polar surface area (TPSA) is 77.1 Å². The van der Waals surface area contributed by atoms with Crippen LogP contribution in [0.15, 0.2) is 128 Å². The highest BCUT2D eigenvalue weighted by Gasteiger charge is 2.34. The highest BCUT2D eigenvalue weighted by Crippen LogP contribution is 2.41. The summed E-state index contributed by atoms with van der Waals surface area (Å²) in [7, 11) is 0. The molecule has 0 amide bonds. The van der Waals surface area contributed by atoms with Crippen LogP contribution >= 0.6 is 0 Å². The monoisotopic (exact) mass is 683 g/mol. The number of rotatable bonds is 13. The Hall–Kier alpha value is -5.18. The fourth-order valence-electron chi connectivity index (χ4n) is 7.63. The van der Waals surface area contributed by atoms with E-state index in [4.69, 9.17) is 0 Å². The molecule has 5 aromatic carbocycles. The molecule has 51 heavy (non-hydrogen) atoms. The molecule has 1 aliphatic rings. The van der Waals surface area contributed by atoms with E-state index in [2.05, 4.69) is 76.2 Å². The molecule has 1 aromatic heterocycles. The van der Waals surface area contributed by atoms with E-state index in [0.29, 0.717) is 11.4 Å². The number of para-hydroxylation sites is 1. The molecular weight excluding hydrogens is 641 g/mol. The van der Waals surface area contributed by atoms with Crippen molar-refractivity contribution in [2.75, 3.05) is 11.4 Å². The maximum absolute atomic E-state index is 14.7. The maximum Gasteiger partial charge on any atom is 0.175 e. The van der Waals surface area contributed by atoms with Gasteiger partial charge in [0.05, 0.1) is 18.3 Å². The predicted molar refractivity (Wildman–Crippen MR) is 198 cm³/mol. The lowest BCUT2D eigenvalue weighted by atomic mass is 9.83. The number of nitrogens with one attached hydrogen (secondary N) is 2. The molecule has 0 saturated heterocycles. The van der Waals surface area contributed by atoms with Crippen LogP contribution in [-0.4, -0.2) is 39.2 Å². The van der Waals surface area contributed by atoms with Gasteiger partial charge in [-0.3, -0.25) is 0 Å². The molecule has 3 N–H and O–H groups in total. The third kappa shape index (κ3) is 7.77. The lowest BCUT2D eigenvalue weighted by molar-refractivity contribution is 0.136. The molecule has 6 aromatic rings. The van der Waals surface area contributed by atoms with Crippen LogP contribution in [0.3, 0.4) is 0 Å². The Bertz CT molecular complexity index is 1960. The number of aryl methyl sites for hydroxylation is 2. The van der Waals surface area contributed by atoms with Crippen LogP contribution < -0.4 is 10.2 Å². The summed E-state index contributed by atoms with van der Waals surface area (Å²) >= 11 is 0. The summed E-state index contributed by atoms with van der Waals surface area (Å²) < 4.78 is 29.3. The second-order valence-electron chi connectivity index (χ2n) is 13.4. The fourth-order valence-corrected chi connectivity index (χ4v) is 7.63. The predicted octanol–water partition coefficient (Wildman–Crippen LogP) is 8.60. The number of hydrogen-bond acceptors (Lipinski definition) is 5. The van der Waals surface area contributed by atoms with Crippen LogP contribution in [0.25, 0.3) is 0 Å². The minimum Gasteiger partial charge on any atom is -0.390 e. The van der Waals surface area contributed by atoms with E-state index in [1.54, 1.807) is 6.20 Å². The van der Waals surface area contributed by atoms with E-state index < -0.39 is 23.8 Å². The van der Waals surface area contributed by atoms with Gasteiger partial charge in [-0.1, -0.05) is 104 Å². The van der Waals surface area contributed by atoms with Gasteiger partial charge in [0, 0.05) is 30.3 Å². The van der Waals surface area contributed by atoms with E-state index >= 15 is 0 Å². The molecule has 3 atom stereocenters. The Labute approximate surface area is 298 Å². The molecule has 0 fully saturated rings. The molecular formula is C43H43F2N5O. The van der Waals surface area contributed by atoms with Crippen molar-refractivity contribution in [3.8, 4) is 0 Å². The van der Waals surface area contributed by atoms with Crippen molar-refractivity contribution in [3.63, 3.8) is 0 Å². The van der Waals surface area contributed by atoms with Gasteiger partial charge in [-0.05, 0) is 89.2 Å². The maximum atomic E-state index is 14.7. The molecule has 0 saturated carbocycles. The normalized spacial score (nSPS) is 15.4. The van der Waals surface area contributed by atoms with Gasteiger partial charge in [0.15, 0.2) is 5.82 Å². The van der Waals surface area contributed by atoms with Crippen LogP contribution in [0.4, 0.5) is 20.3 Å². The first kappa shape index (κ1) is 34.3. The van der Waals surface area contributed by atoms with E-state index in [1.807, 2.05) is 59.5 Å². The lowest BCUT2D eigenvalue weighted by Crippen LogP contribution is -2.48. The largest absolute Gasteiger partial charge is 0.390 e. The average molecular weight is 684 g/mol. The standard InChI is InChI=1S/C43H43F2N5O/c1-2-29-20-21-31-16-11-18-38(37(31)24-29)46-27-41(51)40(25-30-22-34(44)26-35(45)23-30)50(42-28-47-49-48-42)39-19-10-9-17-36(39)43(32-12-5-3-6-13-32)33-14-7-4-8-15-33/h3-10,12-15,17,19-24,26,28,38,40-41,43,46,51H,2,11,16,18,25,27H2,1H3,(H,47,48,49). The van der Waals surface area contributed by atoms with Crippen molar-refractivity contribution in [2.24, 2.45) is 0 Å². The van der Waals surface area contributed by atoms with Crippen LogP contribution in [0.5, 0.6) is 0 Å². The number of hydrogen-bond donors (Lipinski definition) is 3. The number of aliphatic hydroxyl groups is 1. The Morgan fingerprint density at radius 3 is 2.20 bits per heavy atom. The van der Waals surface area contributed by atoms with Crippen LogP contribution in [0, 0.1) is 11.6 Å². The summed E-state index contributed by atoms with van der Waals surface area (Å²) in [6, 6.07) is 38.4. The van der Waals surface area contributed by atoms with Crippen LogP contribution in [0.1, 0.15) is 70.7 Å². The van der Waals surface area contributed by atoms with Crippen LogP contribution in [-0.2, 0) is 19.3 Å². The molecule has 0 radical (unpaired) electrons. The molecule has 1 aliphatic carbocycles. The van der Waals surface area contributed by atoms with Gasteiger partial charge in [0.2, 0.25) is 0 Å². The Morgan fingerprint density at radius 2 is 1.53 bits per heavy atom. The first-order chi connectivity index (χ1) is 25.0. The fraction of sp³-hybridized carbons (Fsp3) is 0.256. The zero-order valence-corrected chi connectivity index (χ0v) is 28.7. The van der Waals surface area contributed by atoms with E-state index in [9.17, 15) is 13.9 Å². The van der Waals surface area contributed by atoms with Gasteiger partial charge in [0.1, 0.15) is 11.6 Å². The first-order valence-electron chi connectivity index (χ1n) is 17.8. The summed E-state index contributed by atoms with van der Waals surface area (Å²) in [6.07, 6.45) is 4.78. The zero-order valence-electron chi connectivity index (χ0n) is 28.7.